The van der Waals surface area contributed by atoms with E-state index in [9.17, 15) is 27.2 Å². The van der Waals surface area contributed by atoms with Crippen LogP contribution in [0.15, 0.2) is 55.0 Å². The number of hydrogen-bond acceptors (Lipinski definition) is 7. The molecule has 2 N–H and O–H groups in total. The van der Waals surface area contributed by atoms with Gasteiger partial charge >= 0.3 is 6.18 Å². The van der Waals surface area contributed by atoms with Gasteiger partial charge < -0.3 is 10.6 Å². The van der Waals surface area contributed by atoms with Crippen LogP contribution in [0.3, 0.4) is 0 Å². The zero-order valence-corrected chi connectivity index (χ0v) is 21.0. The predicted molar refractivity (Wildman–Crippen MR) is 135 cm³/mol. The van der Waals surface area contributed by atoms with E-state index in [1.165, 1.54) is 18.5 Å². The van der Waals surface area contributed by atoms with Gasteiger partial charge in [-0.1, -0.05) is 35.6 Å². The lowest BCUT2D eigenvalue weighted by Crippen LogP contribution is -2.21. The normalized spacial score (nSPS) is 17.0. The minimum atomic E-state index is -4.52. The second-order valence-electron chi connectivity index (χ2n) is 8.69. The van der Waals surface area contributed by atoms with E-state index in [1.54, 1.807) is 37.3 Å². The van der Waals surface area contributed by atoms with Crippen molar-refractivity contribution in [2.24, 2.45) is 0 Å². The molecule has 0 aliphatic carbocycles. The average Bonchev–Trinajstić information content (AvgIpc) is 3.53. The van der Waals surface area contributed by atoms with Gasteiger partial charge in [-0.05, 0) is 25.0 Å². The molecule has 38 heavy (non-hydrogen) atoms. The third kappa shape index (κ3) is 7.19. The van der Waals surface area contributed by atoms with E-state index in [1.807, 2.05) is 4.90 Å². The fourth-order valence-corrected chi connectivity index (χ4v) is 4.45. The van der Waals surface area contributed by atoms with Gasteiger partial charge in [-0.25, -0.2) is 14.4 Å². The molecule has 4 rings (SSSR count). The molecular weight excluding hydrogens is 524 g/mol. The first-order chi connectivity index (χ1) is 18.1. The summed E-state index contributed by atoms with van der Waals surface area (Å²) in [6.07, 6.45) is 1.77. The molecule has 2 amide bonds. The third-order valence-corrected chi connectivity index (χ3v) is 6.80. The molecule has 8 nitrogen and oxygen atoms in total. The molecule has 1 aliphatic rings. The summed E-state index contributed by atoms with van der Waals surface area (Å²) in [5.74, 6) is -1.31. The Morgan fingerprint density at radius 1 is 1.18 bits per heavy atom. The summed E-state index contributed by atoms with van der Waals surface area (Å²) >= 11 is 0.360. The summed E-state index contributed by atoms with van der Waals surface area (Å²) in [5.41, 5.74) is 1.78. The number of amides is 2. The molecule has 0 bridgehead atoms. The standard InChI is InChI=1S/C25H24F4N6O2S/c1-15(23(37)34-24-32-12-20(38-24)25(27,28)29)16-4-2-5-17(10-16)19-11-31-21(13-30-19)33-22(36)6-3-8-35-9-7-18(26)14-35/h2-6,10-13,15,18H,7-9,14H2,1H3,(H,31,33,36)(H,32,34,37)/b6-3+. The Labute approximate surface area is 219 Å². The molecule has 0 saturated carbocycles. The lowest BCUT2D eigenvalue weighted by molar-refractivity contribution is -0.134. The highest BCUT2D eigenvalue weighted by Gasteiger charge is 2.33. The van der Waals surface area contributed by atoms with E-state index < -0.39 is 29.1 Å². The fourth-order valence-electron chi connectivity index (χ4n) is 3.76. The maximum absolute atomic E-state index is 13.2. The fraction of sp³-hybridized carbons (Fsp3) is 0.320. The Morgan fingerprint density at radius 3 is 2.66 bits per heavy atom. The van der Waals surface area contributed by atoms with Crippen molar-refractivity contribution in [2.45, 2.75) is 31.6 Å². The zero-order valence-electron chi connectivity index (χ0n) is 20.2. The van der Waals surface area contributed by atoms with Crippen molar-refractivity contribution >= 4 is 34.1 Å². The van der Waals surface area contributed by atoms with Crippen LogP contribution in [0.4, 0.5) is 28.5 Å². The van der Waals surface area contributed by atoms with Crippen LogP contribution in [-0.4, -0.2) is 57.5 Å². The van der Waals surface area contributed by atoms with Crippen molar-refractivity contribution in [3.05, 3.63) is 65.4 Å². The molecule has 3 heterocycles. The highest BCUT2D eigenvalue weighted by atomic mass is 32.1. The highest BCUT2D eigenvalue weighted by molar-refractivity contribution is 7.15. The summed E-state index contributed by atoms with van der Waals surface area (Å²) in [7, 11) is 0. The SMILES string of the molecule is CC(C(=O)Nc1ncc(C(F)(F)F)s1)c1cccc(-c2cnc(NC(=O)/C=C/CN3CCC(F)C3)cn2)c1. The monoisotopic (exact) mass is 548 g/mol. The number of halogens is 4. The van der Waals surface area contributed by atoms with Gasteiger partial charge in [0, 0.05) is 31.3 Å². The number of benzene rings is 1. The Bertz CT molecular complexity index is 1310. The van der Waals surface area contributed by atoms with E-state index in [-0.39, 0.29) is 16.9 Å². The molecule has 1 fully saturated rings. The van der Waals surface area contributed by atoms with Gasteiger partial charge in [0.1, 0.15) is 11.0 Å². The molecule has 2 aromatic heterocycles. The second kappa shape index (κ2) is 11.8. The Kier molecular flexibility index (Phi) is 8.47. The molecule has 1 aromatic carbocycles. The minimum absolute atomic E-state index is 0.131. The topological polar surface area (TPSA) is 100 Å². The van der Waals surface area contributed by atoms with E-state index in [0.717, 1.165) is 0 Å². The molecule has 0 spiro atoms. The van der Waals surface area contributed by atoms with Crippen molar-refractivity contribution < 1.29 is 27.2 Å². The van der Waals surface area contributed by atoms with Crippen LogP contribution in [0, 0.1) is 0 Å². The third-order valence-electron chi connectivity index (χ3n) is 5.84. The smallest absolute Gasteiger partial charge is 0.306 e. The number of nitrogens with one attached hydrogen (secondary N) is 2. The minimum Gasteiger partial charge on any atom is -0.306 e. The van der Waals surface area contributed by atoms with Crippen molar-refractivity contribution in [2.75, 3.05) is 30.3 Å². The first-order valence-electron chi connectivity index (χ1n) is 11.7. The van der Waals surface area contributed by atoms with Crippen LogP contribution in [0.2, 0.25) is 0 Å². The molecule has 1 saturated heterocycles. The van der Waals surface area contributed by atoms with Gasteiger partial charge in [0.05, 0.1) is 30.2 Å². The van der Waals surface area contributed by atoms with Gasteiger partial charge in [-0.3, -0.25) is 19.5 Å². The number of thiazole rings is 1. The molecule has 3 aromatic rings. The van der Waals surface area contributed by atoms with Gasteiger partial charge in [0.25, 0.3) is 0 Å². The van der Waals surface area contributed by atoms with Crippen LogP contribution in [0.25, 0.3) is 11.3 Å². The predicted octanol–water partition coefficient (Wildman–Crippen LogP) is 4.90. The summed E-state index contributed by atoms with van der Waals surface area (Å²) < 4.78 is 51.5. The molecule has 0 radical (unpaired) electrons. The average molecular weight is 549 g/mol. The Morgan fingerprint density at radius 2 is 2.00 bits per heavy atom. The molecule has 13 heteroatoms. The van der Waals surface area contributed by atoms with Crippen molar-refractivity contribution in [1.82, 2.24) is 19.9 Å². The summed E-state index contributed by atoms with van der Waals surface area (Å²) in [4.78, 5) is 37.9. The van der Waals surface area contributed by atoms with E-state index in [0.29, 0.717) is 60.4 Å². The van der Waals surface area contributed by atoms with Gasteiger partial charge in [-0.15, -0.1) is 0 Å². The number of anilines is 2. The van der Waals surface area contributed by atoms with Crippen LogP contribution >= 0.6 is 11.3 Å². The van der Waals surface area contributed by atoms with Crippen LogP contribution in [-0.2, 0) is 15.8 Å². The number of rotatable bonds is 8. The summed E-state index contributed by atoms with van der Waals surface area (Å²) in [6.45, 7) is 3.16. The van der Waals surface area contributed by atoms with Crippen molar-refractivity contribution in [3.8, 4) is 11.3 Å². The number of carbonyl (C=O) groups is 2. The largest absolute Gasteiger partial charge is 0.427 e. The molecule has 2 atom stereocenters. The molecular formula is C25H24F4N6O2S. The molecule has 200 valence electrons. The second-order valence-corrected chi connectivity index (χ2v) is 9.72. The maximum atomic E-state index is 13.2. The van der Waals surface area contributed by atoms with Gasteiger partial charge in [0.15, 0.2) is 10.9 Å². The van der Waals surface area contributed by atoms with Crippen LogP contribution in [0.5, 0.6) is 0 Å². The number of likely N-dealkylation sites (tertiary alicyclic amines) is 1. The van der Waals surface area contributed by atoms with E-state index in [4.69, 9.17) is 0 Å². The maximum Gasteiger partial charge on any atom is 0.427 e. The van der Waals surface area contributed by atoms with E-state index in [2.05, 4.69) is 25.6 Å². The quantitative estimate of drug-likeness (QED) is 0.307. The zero-order chi connectivity index (χ0) is 27.3. The first kappa shape index (κ1) is 27.3. The summed E-state index contributed by atoms with van der Waals surface area (Å²) in [6, 6.07) is 6.96. The van der Waals surface area contributed by atoms with Gasteiger partial charge in [0.2, 0.25) is 11.8 Å². The number of hydrogen-bond donors (Lipinski definition) is 2. The first-order valence-corrected chi connectivity index (χ1v) is 12.5. The van der Waals surface area contributed by atoms with Crippen LogP contribution < -0.4 is 10.6 Å². The molecule has 2 unspecified atom stereocenters. The Balaban J connectivity index is 1.34. The number of aromatic nitrogens is 3. The number of carbonyl (C=O) groups excluding carboxylic acids is 2. The Hall–Kier alpha value is -3.71. The van der Waals surface area contributed by atoms with Crippen molar-refractivity contribution in [3.63, 3.8) is 0 Å². The lowest BCUT2D eigenvalue weighted by atomic mass is 9.97. The van der Waals surface area contributed by atoms with Crippen LogP contribution in [0.1, 0.15) is 29.7 Å². The molecule has 1 aliphatic heterocycles. The highest BCUT2D eigenvalue weighted by Crippen LogP contribution is 2.35. The van der Waals surface area contributed by atoms with Crippen molar-refractivity contribution in [1.29, 1.82) is 0 Å². The lowest BCUT2D eigenvalue weighted by Gasteiger charge is -2.12. The summed E-state index contributed by atoms with van der Waals surface area (Å²) in [5, 5.41) is 4.91. The van der Waals surface area contributed by atoms with Gasteiger partial charge in [-0.2, -0.15) is 13.2 Å². The van der Waals surface area contributed by atoms with E-state index >= 15 is 0 Å². The number of alkyl halides is 4. The number of nitrogens with zero attached hydrogens (tertiary/aromatic N) is 4.